The van der Waals surface area contributed by atoms with Gasteiger partial charge in [0.15, 0.2) is 5.82 Å². The highest BCUT2D eigenvalue weighted by atomic mass is 32.2. The standard InChI is InChI=1S/C13H19N4O3PS/c1-4-19-21(18,20-5-2)11-12(14)17(16-13(11)22-3)10-8-6-7-9-15-10/h6-9H,4-5,14H2,1-3H3. The van der Waals surface area contributed by atoms with Crippen LogP contribution >= 0.6 is 19.4 Å². The van der Waals surface area contributed by atoms with Gasteiger partial charge < -0.3 is 14.8 Å². The Bertz CT molecular complexity index is 667. The van der Waals surface area contributed by atoms with E-state index in [0.29, 0.717) is 16.1 Å². The molecule has 9 heteroatoms. The van der Waals surface area contributed by atoms with Gasteiger partial charge in [-0.15, -0.1) is 11.8 Å². The van der Waals surface area contributed by atoms with Crippen molar-refractivity contribution in [1.29, 1.82) is 0 Å². The molecule has 0 amide bonds. The molecule has 0 saturated heterocycles. The molecule has 7 nitrogen and oxygen atoms in total. The molecule has 2 aromatic rings. The summed E-state index contributed by atoms with van der Waals surface area (Å²) in [5.74, 6) is 0.759. The number of thioether (sulfide) groups is 1. The maximum absolute atomic E-state index is 13.0. The van der Waals surface area contributed by atoms with E-state index in [1.165, 1.54) is 16.4 Å². The van der Waals surface area contributed by atoms with Gasteiger partial charge in [-0.25, -0.2) is 4.98 Å². The van der Waals surface area contributed by atoms with Crippen molar-refractivity contribution < 1.29 is 13.6 Å². The molecule has 0 bridgehead atoms. The van der Waals surface area contributed by atoms with Crippen LogP contribution in [0.4, 0.5) is 5.82 Å². The van der Waals surface area contributed by atoms with E-state index in [0.717, 1.165) is 0 Å². The Hall–Kier alpha value is -1.34. The van der Waals surface area contributed by atoms with Crippen molar-refractivity contribution in [2.45, 2.75) is 18.9 Å². The van der Waals surface area contributed by atoms with Crippen LogP contribution in [-0.4, -0.2) is 34.2 Å². The number of nitrogen functional groups attached to an aromatic ring is 1. The van der Waals surface area contributed by atoms with Gasteiger partial charge in [-0.1, -0.05) is 6.07 Å². The van der Waals surface area contributed by atoms with Crippen LogP contribution in [0.15, 0.2) is 29.4 Å². The molecule has 0 aliphatic carbocycles. The molecule has 0 radical (unpaired) electrons. The first-order valence-electron chi connectivity index (χ1n) is 6.81. The summed E-state index contributed by atoms with van der Waals surface area (Å²) in [7, 11) is -3.52. The van der Waals surface area contributed by atoms with Gasteiger partial charge in [-0.05, 0) is 32.2 Å². The summed E-state index contributed by atoms with van der Waals surface area (Å²) in [6.45, 7) is 4.01. The van der Waals surface area contributed by atoms with Gasteiger partial charge in [0.1, 0.15) is 16.1 Å². The van der Waals surface area contributed by atoms with E-state index >= 15 is 0 Å². The molecule has 0 aromatic carbocycles. The van der Waals surface area contributed by atoms with E-state index in [9.17, 15) is 4.57 Å². The molecule has 120 valence electrons. The number of nitrogens with zero attached hydrogens (tertiary/aromatic N) is 3. The van der Waals surface area contributed by atoms with Crippen molar-refractivity contribution in [3.8, 4) is 5.82 Å². The minimum absolute atomic E-state index is 0.216. The predicted octanol–water partition coefficient (Wildman–Crippen LogP) is 2.46. The summed E-state index contributed by atoms with van der Waals surface area (Å²) in [6.07, 6.45) is 3.47. The maximum Gasteiger partial charge on any atom is 0.367 e. The van der Waals surface area contributed by atoms with Crippen molar-refractivity contribution in [2.24, 2.45) is 0 Å². The second kappa shape index (κ2) is 7.28. The zero-order chi connectivity index (χ0) is 16.2. The molecule has 22 heavy (non-hydrogen) atoms. The summed E-state index contributed by atoms with van der Waals surface area (Å²) >= 11 is 1.33. The van der Waals surface area contributed by atoms with Crippen molar-refractivity contribution in [3.63, 3.8) is 0 Å². The number of pyridine rings is 1. The van der Waals surface area contributed by atoms with Crippen LogP contribution in [0.1, 0.15) is 13.8 Å². The Balaban J connectivity index is 2.61. The lowest BCUT2D eigenvalue weighted by Gasteiger charge is -2.17. The second-order valence-corrected chi connectivity index (χ2v) is 6.93. The predicted molar refractivity (Wildman–Crippen MR) is 88.0 cm³/mol. The van der Waals surface area contributed by atoms with Crippen LogP contribution in [0, 0.1) is 0 Å². The van der Waals surface area contributed by atoms with E-state index in [4.69, 9.17) is 14.8 Å². The Morgan fingerprint density at radius 2 is 2.00 bits per heavy atom. The first-order chi connectivity index (χ1) is 10.6. The number of aromatic nitrogens is 3. The summed E-state index contributed by atoms with van der Waals surface area (Å²) in [4.78, 5) is 4.21. The van der Waals surface area contributed by atoms with Crippen molar-refractivity contribution in [2.75, 3.05) is 25.2 Å². The molecule has 0 aliphatic heterocycles. The summed E-state index contributed by atoms with van der Waals surface area (Å²) < 4.78 is 25.3. The Labute approximate surface area is 133 Å². The third-order valence-corrected chi connectivity index (χ3v) is 5.80. The number of rotatable bonds is 7. The lowest BCUT2D eigenvalue weighted by molar-refractivity contribution is 0.229. The fourth-order valence-corrected chi connectivity index (χ4v) is 4.69. The normalized spacial score (nSPS) is 11.8. The Morgan fingerprint density at radius 1 is 1.32 bits per heavy atom. The maximum atomic E-state index is 13.0. The number of hydrogen-bond donors (Lipinski definition) is 1. The van der Waals surface area contributed by atoms with Gasteiger partial charge in [0.25, 0.3) is 0 Å². The lowest BCUT2D eigenvalue weighted by Crippen LogP contribution is -2.16. The topological polar surface area (TPSA) is 92.3 Å². The monoisotopic (exact) mass is 342 g/mol. The van der Waals surface area contributed by atoms with Crippen LogP contribution in [0.25, 0.3) is 5.82 Å². The van der Waals surface area contributed by atoms with Crippen LogP contribution in [0.3, 0.4) is 0 Å². The van der Waals surface area contributed by atoms with Crippen molar-refractivity contribution in [3.05, 3.63) is 24.4 Å². The Kier molecular flexibility index (Phi) is 5.63. The van der Waals surface area contributed by atoms with Crippen LogP contribution in [-0.2, 0) is 13.6 Å². The van der Waals surface area contributed by atoms with Crippen LogP contribution in [0.2, 0.25) is 0 Å². The van der Waals surface area contributed by atoms with Crippen LogP contribution < -0.4 is 11.0 Å². The van der Waals surface area contributed by atoms with Gasteiger partial charge in [0.2, 0.25) is 0 Å². The Morgan fingerprint density at radius 3 is 2.50 bits per heavy atom. The minimum Gasteiger partial charge on any atom is -0.383 e. The van der Waals surface area contributed by atoms with Gasteiger partial charge in [-0.2, -0.15) is 9.78 Å². The molecule has 0 saturated carbocycles. The van der Waals surface area contributed by atoms with E-state index < -0.39 is 7.60 Å². The summed E-state index contributed by atoms with van der Waals surface area (Å²) in [5, 5.41) is 5.20. The van der Waals surface area contributed by atoms with Crippen molar-refractivity contribution >= 4 is 30.5 Å². The fraction of sp³-hybridized carbons (Fsp3) is 0.385. The molecule has 2 N–H and O–H groups in total. The molecular formula is C13H19N4O3PS. The van der Waals surface area contributed by atoms with E-state index in [1.54, 1.807) is 32.2 Å². The van der Waals surface area contributed by atoms with E-state index in [-0.39, 0.29) is 19.0 Å². The fourth-order valence-electron chi connectivity index (χ4n) is 1.96. The molecule has 0 atom stereocenters. The highest BCUT2D eigenvalue weighted by Gasteiger charge is 2.36. The van der Waals surface area contributed by atoms with Crippen LogP contribution in [0.5, 0.6) is 0 Å². The number of nitrogens with two attached hydrogens (primary N) is 1. The molecular weight excluding hydrogens is 323 g/mol. The molecule has 0 fully saturated rings. The first-order valence-corrected chi connectivity index (χ1v) is 9.57. The third kappa shape index (κ3) is 3.20. The van der Waals surface area contributed by atoms with Gasteiger partial charge in [-0.3, -0.25) is 4.57 Å². The zero-order valence-corrected chi connectivity index (χ0v) is 14.4. The first kappa shape index (κ1) is 17.0. The largest absolute Gasteiger partial charge is 0.383 e. The van der Waals surface area contributed by atoms with E-state index in [2.05, 4.69) is 10.1 Å². The quantitative estimate of drug-likeness (QED) is 0.610. The smallest absolute Gasteiger partial charge is 0.367 e. The second-order valence-electron chi connectivity index (χ2n) is 4.18. The van der Waals surface area contributed by atoms with Gasteiger partial charge in [0, 0.05) is 6.20 Å². The molecule has 2 rings (SSSR count). The summed E-state index contributed by atoms with van der Waals surface area (Å²) in [6, 6.07) is 5.39. The van der Waals surface area contributed by atoms with Gasteiger partial charge in [0.05, 0.1) is 13.2 Å². The summed E-state index contributed by atoms with van der Waals surface area (Å²) in [5.41, 5.74) is 6.17. The number of hydrogen-bond acceptors (Lipinski definition) is 7. The average Bonchev–Trinajstić information content (AvgIpc) is 2.86. The minimum atomic E-state index is -3.52. The molecule has 0 aliphatic rings. The highest BCUT2D eigenvalue weighted by molar-refractivity contribution is 7.99. The SMILES string of the molecule is CCOP(=O)(OCC)c1c(SC)nn(-c2ccccn2)c1N. The molecule has 0 spiro atoms. The number of anilines is 1. The van der Waals surface area contributed by atoms with Crippen molar-refractivity contribution in [1.82, 2.24) is 14.8 Å². The third-order valence-electron chi connectivity index (χ3n) is 2.80. The molecule has 2 heterocycles. The molecule has 2 aromatic heterocycles. The van der Waals surface area contributed by atoms with E-state index in [1.807, 2.05) is 12.3 Å². The lowest BCUT2D eigenvalue weighted by atomic mass is 10.5. The molecule has 0 unspecified atom stereocenters. The highest BCUT2D eigenvalue weighted by Crippen LogP contribution is 2.50. The zero-order valence-electron chi connectivity index (χ0n) is 12.7. The average molecular weight is 342 g/mol. The van der Waals surface area contributed by atoms with Gasteiger partial charge >= 0.3 is 7.60 Å².